The largest absolute Gasteiger partial charge is 0.504 e. The lowest BCUT2D eigenvalue weighted by molar-refractivity contribution is 0.0976. The fourth-order valence-electron chi connectivity index (χ4n) is 2.50. The van der Waals surface area contributed by atoms with Crippen molar-refractivity contribution in [3.8, 4) is 11.5 Å². The minimum absolute atomic E-state index is 0.114. The number of fused-ring (bicyclic) bond motifs is 2. The Balaban J connectivity index is 2.29. The standard InChI is InChI=1S/C15H11NO6S/c1-23(21,22)16-10-6-9-11(15(20)14(10)19)13(18)8-5-3-2-4-7(8)12(9)17/h2-6,16,19-20H,1H3. The number of sulfonamides is 1. The third kappa shape index (κ3) is 2.33. The van der Waals surface area contributed by atoms with E-state index in [9.17, 15) is 28.2 Å². The predicted octanol–water partition coefficient (Wildman–Crippen LogP) is 1.24. The molecule has 0 radical (unpaired) electrons. The number of carbonyl (C=O) groups excluding carboxylic acids is 2. The summed E-state index contributed by atoms with van der Waals surface area (Å²) in [6, 6.07) is 7.11. The van der Waals surface area contributed by atoms with Gasteiger partial charge in [0.05, 0.1) is 17.5 Å². The summed E-state index contributed by atoms with van der Waals surface area (Å²) in [5.41, 5.74) is -0.617. The Hall–Kier alpha value is -2.87. The number of phenols is 2. The third-order valence-electron chi connectivity index (χ3n) is 3.46. The molecular weight excluding hydrogens is 322 g/mol. The summed E-state index contributed by atoms with van der Waals surface area (Å²) in [5, 5.41) is 20.0. The number of nitrogens with one attached hydrogen (secondary N) is 1. The molecule has 8 heteroatoms. The van der Waals surface area contributed by atoms with E-state index in [0.29, 0.717) is 0 Å². The molecule has 0 unspecified atom stereocenters. The van der Waals surface area contributed by atoms with Gasteiger partial charge in [-0.3, -0.25) is 14.3 Å². The van der Waals surface area contributed by atoms with E-state index < -0.39 is 33.1 Å². The van der Waals surface area contributed by atoms with Crippen molar-refractivity contribution in [3.63, 3.8) is 0 Å². The van der Waals surface area contributed by atoms with Crippen molar-refractivity contribution in [2.75, 3.05) is 11.0 Å². The van der Waals surface area contributed by atoms with E-state index in [2.05, 4.69) is 0 Å². The summed E-state index contributed by atoms with van der Waals surface area (Å²) in [5.74, 6) is -2.80. The lowest BCUT2D eigenvalue weighted by Crippen LogP contribution is -2.21. The van der Waals surface area contributed by atoms with Crippen LogP contribution in [0, 0.1) is 0 Å². The summed E-state index contributed by atoms with van der Waals surface area (Å²) in [6.45, 7) is 0. The highest BCUT2D eigenvalue weighted by atomic mass is 32.2. The lowest BCUT2D eigenvalue weighted by atomic mass is 9.83. The van der Waals surface area contributed by atoms with E-state index in [1.807, 2.05) is 4.72 Å². The number of anilines is 1. The first-order valence-corrected chi connectivity index (χ1v) is 8.35. The number of carbonyl (C=O) groups is 2. The molecule has 1 aliphatic carbocycles. The van der Waals surface area contributed by atoms with Gasteiger partial charge in [-0.1, -0.05) is 24.3 Å². The maximum Gasteiger partial charge on any atom is 0.229 e. The van der Waals surface area contributed by atoms with E-state index in [4.69, 9.17) is 0 Å². The van der Waals surface area contributed by atoms with Crippen LogP contribution in [0.4, 0.5) is 5.69 Å². The van der Waals surface area contributed by atoms with Crippen LogP contribution in [0.5, 0.6) is 11.5 Å². The van der Waals surface area contributed by atoms with Crippen LogP contribution in [-0.4, -0.2) is 36.5 Å². The van der Waals surface area contributed by atoms with Crippen LogP contribution in [0.1, 0.15) is 31.8 Å². The second-order valence-electron chi connectivity index (χ2n) is 5.12. The average molecular weight is 333 g/mol. The number of hydrogen-bond acceptors (Lipinski definition) is 6. The summed E-state index contributed by atoms with van der Waals surface area (Å²) < 4.78 is 24.6. The fourth-order valence-corrected chi connectivity index (χ4v) is 3.06. The van der Waals surface area contributed by atoms with Crippen LogP contribution in [0.15, 0.2) is 30.3 Å². The van der Waals surface area contributed by atoms with Gasteiger partial charge in [-0.2, -0.15) is 0 Å². The molecule has 0 aromatic heterocycles. The second-order valence-corrected chi connectivity index (χ2v) is 6.87. The summed E-state index contributed by atoms with van der Waals surface area (Å²) in [6.07, 6.45) is 0.852. The Bertz CT molecular complexity index is 978. The molecule has 3 rings (SSSR count). The molecule has 0 heterocycles. The zero-order valence-electron chi connectivity index (χ0n) is 11.8. The molecule has 118 valence electrons. The maximum absolute atomic E-state index is 12.5. The molecule has 7 nitrogen and oxygen atoms in total. The van der Waals surface area contributed by atoms with Crippen molar-refractivity contribution in [1.29, 1.82) is 0 Å². The Morgan fingerprint density at radius 2 is 1.48 bits per heavy atom. The average Bonchev–Trinajstić information content (AvgIpc) is 2.48. The highest BCUT2D eigenvalue weighted by Crippen LogP contribution is 2.43. The van der Waals surface area contributed by atoms with Crippen molar-refractivity contribution in [2.24, 2.45) is 0 Å². The minimum atomic E-state index is -3.75. The van der Waals surface area contributed by atoms with E-state index in [-0.39, 0.29) is 27.9 Å². The number of ketones is 2. The van der Waals surface area contributed by atoms with E-state index in [1.54, 1.807) is 12.1 Å². The van der Waals surface area contributed by atoms with Crippen molar-refractivity contribution >= 4 is 27.3 Å². The number of aromatic hydroxyl groups is 2. The van der Waals surface area contributed by atoms with Gasteiger partial charge in [0.15, 0.2) is 23.1 Å². The Morgan fingerprint density at radius 1 is 0.913 bits per heavy atom. The molecule has 0 spiro atoms. The number of rotatable bonds is 2. The van der Waals surface area contributed by atoms with Crippen LogP contribution >= 0.6 is 0 Å². The monoisotopic (exact) mass is 333 g/mol. The zero-order chi connectivity index (χ0) is 16.9. The lowest BCUT2D eigenvalue weighted by Gasteiger charge is -2.20. The molecule has 0 saturated carbocycles. The Kier molecular flexibility index (Phi) is 3.15. The molecule has 23 heavy (non-hydrogen) atoms. The van der Waals surface area contributed by atoms with Gasteiger partial charge in [-0.05, 0) is 6.07 Å². The first-order valence-electron chi connectivity index (χ1n) is 6.46. The minimum Gasteiger partial charge on any atom is -0.504 e. The molecule has 0 atom stereocenters. The van der Waals surface area contributed by atoms with Gasteiger partial charge in [-0.15, -0.1) is 0 Å². The van der Waals surface area contributed by atoms with E-state index in [0.717, 1.165) is 12.3 Å². The van der Waals surface area contributed by atoms with Crippen LogP contribution in [0.25, 0.3) is 0 Å². The van der Waals surface area contributed by atoms with Crippen LogP contribution in [-0.2, 0) is 10.0 Å². The van der Waals surface area contributed by atoms with E-state index in [1.165, 1.54) is 12.1 Å². The highest BCUT2D eigenvalue weighted by molar-refractivity contribution is 7.92. The van der Waals surface area contributed by atoms with Gasteiger partial charge in [0, 0.05) is 16.7 Å². The smallest absolute Gasteiger partial charge is 0.229 e. The van der Waals surface area contributed by atoms with Crippen molar-refractivity contribution in [1.82, 2.24) is 0 Å². The second kappa shape index (κ2) is 4.82. The fraction of sp³-hybridized carbons (Fsp3) is 0.0667. The quantitative estimate of drug-likeness (QED) is 0.607. The SMILES string of the molecule is CS(=O)(=O)Nc1cc2c(c(O)c1O)C(=O)c1ccccc1C2=O. The van der Waals surface area contributed by atoms with Crippen LogP contribution < -0.4 is 4.72 Å². The third-order valence-corrected chi connectivity index (χ3v) is 4.05. The molecule has 3 N–H and O–H groups in total. The molecule has 2 aromatic rings. The molecule has 2 aromatic carbocycles. The Labute approximate surface area is 131 Å². The maximum atomic E-state index is 12.5. The van der Waals surface area contributed by atoms with Crippen molar-refractivity contribution in [3.05, 3.63) is 52.6 Å². The van der Waals surface area contributed by atoms with Crippen molar-refractivity contribution in [2.45, 2.75) is 0 Å². The zero-order valence-corrected chi connectivity index (χ0v) is 12.6. The highest BCUT2D eigenvalue weighted by Gasteiger charge is 2.34. The van der Waals surface area contributed by atoms with Gasteiger partial charge in [0.2, 0.25) is 10.0 Å². The molecule has 0 fully saturated rings. The van der Waals surface area contributed by atoms with E-state index >= 15 is 0 Å². The molecular formula is C15H11NO6S. The molecule has 0 amide bonds. The Morgan fingerprint density at radius 3 is 2.04 bits per heavy atom. The van der Waals surface area contributed by atoms with Crippen molar-refractivity contribution < 1.29 is 28.2 Å². The first kappa shape index (κ1) is 15.0. The van der Waals surface area contributed by atoms with Gasteiger partial charge in [0.25, 0.3) is 0 Å². The molecule has 0 bridgehead atoms. The first-order chi connectivity index (χ1) is 10.7. The number of benzene rings is 2. The van der Waals surface area contributed by atoms with Gasteiger partial charge >= 0.3 is 0 Å². The normalized spacial score (nSPS) is 13.4. The molecule has 1 aliphatic rings. The number of hydrogen-bond donors (Lipinski definition) is 3. The van der Waals surface area contributed by atoms with Gasteiger partial charge < -0.3 is 10.2 Å². The van der Waals surface area contributed by atoms with Crippen LogP contribution in [0.3, 0.4) is 0 Å². The summed E-state index contributed by atoms with van der Waals surface area (Å²) in [7, 11) is -3.75. The van der Waals surface area contributed by atoms with Gasteiger partial charge in [0.1, 0.15) is 0 Å². The van der Waals surface area contributed by atoms with Gasteiger partial charge in [-0.25, -0.2) is 8.42 Å². The summed E-state index contributed by atoms with van der Waals surface area (Å²) >= 11 is 0. The topological polar surface area (TPSA) is 121 Å². The summed E-state index contributed by atoms with van der Waals surface area (Å²) in [4.78, 5) is 25.0. The predicted molar refractivity (Wildman–Crippen MR) is 81.5 cm³/mol. The number of phenolic OH excluding ortho intramolecular Hbond substituents is 2. The molecule has 0 aliphatic heterocycles. The molecule has 0 saturated heterocycles. The van der Waals surface area contributed by atoms with Crippen LogP contribution in [0.2, 0.25) is 0 Å².